The zero-order valence-electron chi connectivity index (χ0n) is 5.66. The van der Waals surface area contributed by atoms with Gasteiger partial charge >= 0.3 is 5.70 Å². The summed E-state index contributed by atoms with van der Waals surface area (Å²) >= 11 is 5.30. The summed E-state index contributed by atoms with van der Waals surface area (Å²) in [6.45, 7) is 0. The van der Waals surface area contributed by atoms with E-state index in [9.17, 15) is 19.3 Å². The van der Waals surface area contributed by atoms with E-state index >= 15 is 0 Å². The monoisotopic (exact) mass is 191 g/mol. The number of rotatable bonds is 1. The highest BCUT2D eigenvalue weighted by Gasteiger charge is 2.28. The molecular formula is C6H3ClFNO3. The molecule has 0 saturated heterocycles. The normalized spacial score (nSPS) is 23.2. The molecule has 12 heavy (non-hydrogen) atoms. The summed E-state index contributed by atoms with van der Waals surface area (Å²) in [5.74, 6) is -1.75. The Morgan fingerprint density at radius 2 is 2.25 bits per heavy atom. The van der Waals surface area contributed by atoms with Crippen molar-refractivity contribution in [2.24, 2.45) is 0 Å². The molecule has 0 aromatic rings. The molecule has 64 valence electrons. The Labute approximate surface area is 71.5 Å². The molecule has 0 bridgehead atoms. The molecule has 0 N–H and O–H groups in total. The van der Waals surface area contributed by atoms with Crippen LogP contribution in [-0.2, 0) is 4.79 Å². The molecule has 1 unspecified atom stereocenters. The Morgan fingerprint density at radius 3 is 2.75 bits per heavy atom. The lowest BCUT2D eigenvalue weighted by Crippen LogP contribution is -2.17. The lowest BCUT2D eigenvalue weighted by molar-refractivity contribution is -0.422. The molecule has 1 rings (SSSR count). The molecule has 0 aromatic heterocycles. The Morgan fingerprint density at radius 1 is 1.67 bits per heavy atom. The van der Waals surface area contributed by atoms with Gasteiger partial charge in [-0.05, 0) is 6.08 Å². The third kappa shape index (κ3) is 1.50. The molecule has 0 spiro atoms. The van der Waals surface area contributed by atoms with Crippen LogP contribution in [0.25, 0.3) is 0 Å². The second kappa shape index (κ2) is 3.02. The van der Waals surface area contributed by atoms with E-state index in [-0.39, 0.29) is 0 Å². The quantitative estimate of drug-likeness (QED) is 0.355. The molecule has 0 aliphatic heterocycles. The first-order chi connectivity index (χ1) is 5.52. The number of ketones is 1. The zero-order valence-corrected chi connectivity index (χ0v) is 6.42. The molecule has 1 aliphatic rings. The fourth-order valence-corrected chi connectivity index (χ4v) is 0.893. The van der Waals surface area contributed by atoms with Crippen LogP contribution in [0.5, 0.6) is 0 Å². The molecule has 4 nitrogen and oxygen atoms in total. The number of halogens is 2. The lowest BCUT2D eigenvalue weighted by atomic mass is 10.1. The van der Waals surface area contributed by atoms with Crippen LogP contribution in [-0.4, -0.2) is 16.1 Å². The second-order valence-corrected chi connectivity index (χ2v) is 2.58. The highest BCUT2D eigenvalue weighted by atomic mass is 35.5. The number of nitrogens with zero attached hydrogens (tertiary/aromatic N) is 1. The fourth-order valence-electron chi connectivity index (χ4n) is 0.719. The summed E-state index contributed by atoms with van der Waals surface area (Å²) in [6, 6.07) is 0. The Balaban J connectivity index is 3.04. The van der Waals surface area contributed by atoms with Crippen LogP contribution in [0.1, 0.15) is 0 Å². The maximum absolute atomic E-state index is 12.6. The maximum Gasteiger partial charge on any atom is 0.308 e. The zero-order chi connectivity index (χ0) is 9.30. The average molecular weight is 192 g/mol. The van der Waals surface area contributed by atoms with Crippen molar-refractivity contribution >= 4 is 17.4 Å². The van der Waals surface area contributed by atoms with Crippen molar-refractivity contribution in [1.29, 1.82) is 0 Å². The van der Waals surface area contributed by atoms with E-state index in [1.54, 1.807) is 0 Å². The first-order valence-electron chi connectivity index (χ1n) is 2.94. The van der Waals surface area contributed by atoms with Crippen LogP contribution in [0, 0.1) is 10.1 Å². The highest BCUT2D eigenvalue weighted by Crippen LogP contribution is 2.21. The minimum absolute atomic E-state index is 0.590. The smallest absolute Gasteiger partial charge is 0.293 e. The van der Waals surface area contributed by atoms with Gasteiger partial charge in [0.2, 0.25) is 0 Å². The second-order valence-electron chi connectivity index (χ2n) is 2.11. The first kappa shape index (κ1) is 8.86. The SMILES string of the molecule is O=C1C=C([N+](=O)[O-])C(F)=CC1Cl. The van der Waals surface area contributed by atoms with Crippen LogP contribution in [0.15, 0.2) is 23.7 Å². The fraction of sp³-hybridized carbons (Fsp3) is 0.167. The summed E-state index contributed by atoms with van der Waals surface area (Å²) in [5.41, 5.74) is -0.836. The van der Waals surface area contributed by atoms with Crippen LogP contribution in [0.3, 0.4) is 0 Å². The standard InChI is InChI=1S/C6H3ClFNO3/c7-3-1-4(8)5(9(11)12)2-6(3)10/h1-3H. The highest BCUT2D eigenvalue weighted by molar-refractivity contribution is 6.34. The Bertz CT molecular complexity index is 310. The first-order valence-corrected chi connectivity index (χ1v) is 3.37. The molecule has 0 amide bonds. The van der Waals surface area contributed by atoms with Gasteiger partial charge < -0.3 is 0 Å². The number of hydrogen-bond acceptors (Lipinski definition) is 3. The van der Waals surface area contributed by atoms with Crippen molar-refractivity contribution < 1.29 is 14.1 Å². The summed E-state index contributed by atoms with van der Waals surface area (Å²) < 4.78 is 12.6. The van der Waals surface area contributed by atoms with Gasteiger partial charge in [0.15, 0.2) is 11.6 Å². The van der Waals surface area contributed by atoms with Gasteiger partial charge in [-0.1, -0.05) is 0 Å². The van der Waals surface area contributed by atoms with E-state index in [1.165, 1.54) is 0 Å². The number of nitro groups is 1. The summed E-state index contributed by atoms with van der Waals surface area (Å²) in [7, 11) is 0. The number of alkyl halides is 1. The third-order valence-electron chi connectivity index (χ3n) is 1.28. The van der Waals surface area contributed by atoms with Crippen molar-refractivity contribution in [3.05, 3.63) is 33.8 Å². The molecule has 1 aliphatic carbocycles. The van der Waals surface area contributed by atoms with Crippen molar-refractivity contribution in [2.75, 3.05) is 0 Å². The van der Waals surface area contributed by atoms with Crippen molar-refractivity contribution in [3.63, 3.8) is 0 Å². The van der Waals surface area contributed by atoms with Crippen LogP contribution in [0.4, 0.5) is 4.39 Å². The van der Waals surface area contributed by atoms with E-state index in [2.05, 4.69) is 0 Å². The Kier molecular flexibility index (Phi) is 2.23. The molecular weight excluding hydrogens is 189 g/mol. The van der Waals surface area contributed by atoms with Gasteiger partial charge in [-0.25, -0.2) is 0 Å². The number of hydrogen-bond donors (Lipinski definition) is 0. The molecule has 0 saturated carbocycles. The van der Waals surface area contributed by atoms with E-state index in [1.807, 2.05) is 0 Å². The molecule has 0 fully saturated rings. The van der Waals surface area contributed by atoms with E-state index in [4.69, 9.17) is 11.6 Å². The summed E-state index contributed by atoms with van der Waals surface area (Å²) in [4.78, 5) is 19.8. The van der Waals surface area contributed by atoms with Gasteiger partial charge in [-0.2, -0.15) is 4.39 Å². The predicted octanol–water partition coefficient (Wildman–Crippen LogP) is 1.19. The molecule has 0 aromatic carbocycles. The Hall–Kier alpha value is -1.23. The van der Waals surface area contributed by atoms with Crippen LogP contribution >= 0.6 is 11.6 Å². The van der Waals surface area contributed by atoms with Gasteiger partial charge in [0.05, 0.1) is 11.0 Å². The van der Waals surface area contributed by atoms with Crippen LogP contribution < -0.4 is 0 Å². The minimum Gasteiger partial charge on any atom is -0.293 e. The summed E-state index contributed by atoms with van der Waals surface area (Å²) in [6.07, 6.45) is 1.30. The molecule has 0 radical (unpaired) electrons. The topological polar surface area (TPSA) is 60.2 Å². The number of carbonyl (C=O) groups is 1. The van der Waals surface area contributed by atoms with E-state index in [0.717, 1.165) is 0 Å². The largest absolute Gasteiger partial charge is 0.308 e. The van der Waals surface area contributed by atoms with Crippen molar-refractivity contribution in [3.8, 4) is 0 Å². The van der Waals surface area contributed by atoms with Gasteiger partial charge in [-0.15, -0.1) is 11.6 Å². The average Bonchev–Trinajstić information content (AvgIpc) is 1.96. The number of allylic oxidation sites excluding steroid dienone is 3. The van der Waals surface area contributed by atoms with Gasteiger partial charge in [0.25, 0.3) is 0 Å². The van der Waals surface area contributed by atoms with Gasteiger partial charge in [0, 0.05) is 0 Å². The number of carbonyl (C=O) groups excluding carboxylic acids is 1. The minimum atomic E-state index is -1.13. The van der Waals surface area contributed by atoms with E-state index < -0.39 is 27.6 Å². The lowest BCUT2D eigenvalue weighted by Gasteiger charge is -2.04. The van der Waals surface area contributed by atoms with E-state index in [0.29, 0.717) is 12.2 Å². The van der Waals surface area contributed by atoms with Gasteiger partial charge in [-0.3, -0.25) is 14.9 Å². The molecule has 0 heterocycles. The van der Waals surface area contributed by atoms with Gasteiger partial charge in [0.1, 0.15) is 5.38 Å². The predicted molar refractivity (Wildman–Crippen MR) is 38.9 cm³/mol. The molecule has 6 heteroatoms. The molecule has 1 atom stereocenters. The maximum atomic E-state index is 12.6. The van der Waals surface area contributed by atoms with Crippen molar-refractivity contribution in [2.45, 2.75) is 5.38 Å². The summed E-state index contributed by atoms with van der Waals surface area (Å²) in [5, 5.41) is 8.95. The van der Waals surface area contributed by atoms with Crippen LogP contribution in [0.2, 0.25) is 0 Å². The van der Waals surface area contributed by atoms with Crippen molar-refractivity contribution in [1.82, 2.24) is 0 Å². The third-order valence-corrected chi connectivity index (χ3v) is 1.63.